The predicted molar refractivity (Wildman–Crippen MR) is 120 cm³/mol. The summed E-state index contributed by atoms with van der Waals surface area (Å²) in [4.78, 5) is 5.94. The van der Waals surface area contributed by atoms with E-state index in [1.807, 2.05) is 0 Å². The van der Waals surface area contributed by atoms with E-state index in [9.17, 15) is 0 Å². The molecule has 5 aromatic rings. The number of benzene rings is 4. The summed E-state index contributed by atoms with van der Waals surface area (Å²) in [5, 5.41) is 2.52. The lowest BCUT2D eigenvalue weighted by Gasteiger charge is -2.28. The van der Waals surface area contributed by atoms with E-state index < -0.39 is 0 Å². The molecule has 1 N–H and O–H groups in total. The molecule has 0 saturated heterocycles. The number of fused-ring (bicyclic) bond motifs is 3. The highest BCUT2D eigenvalue weighted by Crippen LogP contribution is 2.39. The Hall–Kier alpha value is -3.52. The van der Waals surface area contributed by atoms with Gasteiger partial charge in [-0.15, -0.1) is 0 Å². The molecular formula is C26H22N2. The molecule has 0 aliphatic heterocycles. The molecule has 0 aliphatic carbocycles. The Morgan fingerprint density at radius 2 is 1.14 bits per heavy atom. The van der Waals surface area contributed by atoms with Crippen molar-refractivity contribution in [2.75, 3.05) is 4.90 Å². The second kappa shape index (κ2) is 6.58. The Bertz CT molecular complexity index is 1250. The molecule has 0 radical (unpaired) electrons. The van der Waals surface area contributed by atoms with Crippen LogP contribution in [0.1, 0.15) is 11.1 Å². The zero-order chi connectivity index (χ0) is 19.1. The second-order valence-electron chi connectivity index (χ2n) is 7.31. The fourth-order valence-electron chi connectivity index (χ4n) is 4.02. The Morgan fingerprint density at radius 1 is 0.571 bits per heavy atom. The molecule has 0 saturated carbocycles. The monoisotopic (exact) mass is 362 g/mol. The van der Waals surface area contributed by atoms with Crippen molar-refractivity contribution < 1.29 is 0 Å². The van der Waals surface area contributed by atoms with Gasteiger partial charge in [0, 0.05) is 38.9 Å². The molecule has 0 bridgehead atoms. The van der Waals surface area contributed by atoms with Gasteiger partial charge in [0.25, 0.3) is 0 Å². The van der Waals surface area contributed by atoms with Crippen molar-refractivity contribution in [3.8, 4) is 0 Å². The van der Waals surface area contributed by atoms with Crippen LogP contribution in [0.3, 0.4) is 0 Å². The lowest BCUT2D eigenvalue weighted by molar-refractivity contribution is 1.23. The number of para-hydroxylation sites is 3. The molecule has 0 atom stereocenters. The summed E-state index contributed by atoms with van der Waals surface area (Å²) in [5.74, 6) is 0. The molecule has 2 nitrogen and oxygen atoms in total. The molecule has 4 aromatic carbocycles. The van der Waals surface area contributed by atoms with Crippen LogP contribution in [0.4, 0.5) is 17.1 Å². The van der Waals surface area contributed by atoms with Crippen molar-refractivity contribution in [1.29, 1.82) is 0 Å². The third-order valence-electron chi connectivity index (χ3n) is 5.46. The van der Waals surface area contributed by atoms with Crippen LogP contribution in [0.15, 0.2) is 91.0 Å². The van der Waals surface area contributed by atoms with Gasteiger partial charge in [-0.2, -0.15) is 0 Å². The third-order valence-corrected chi connectivity index (χ3v) is 5.46. The van der Waals surface area contributed by atoms with Gasteiger partial charge in [-0.25, -0.2) is 0 Å². The van der Waals surface area contributed by atoms with Gasteiger partial charge in [0.2, 0.25) is 0 Å². The highest BCUT2D eigenvalue weighted by atomic mass is 15.1. The number of hydrogen-bond acceptors (Lipinski definition) is 1. The van der Waals surface area contributed by atoms with Gasteiger partial charge in [-0.3, -0.25) is 0 Å². The van der Waals surface area contributed by atoms with Crippen LogP contribution in [0.5, 0.6) is 0 Å². The number of rotatable bonds is 3. The predicted octanol–water partition coefficient (Wildman–Crippen LogP) is 7.41. The van der Waals surface area contributed by atoms with Crippen molar-refractivity contribution in [1.82, 2.24) is 4.98 Å². The molecule has 0 fully saturated rings. The van der Waals surface area contributed by atoms with E-state index >= 15 is 0 Å². The summed E-state index contributed by atoms with van der Waals surface area (Å²) < 4.78 is 0. The molecule has 0 spiro atoms. The van der Waals surface area contributed by atoms with Gasteiger partial charge in [-0.05, 0) is 55.3 Å². The van der Waals surface area contributed by atoms with Crippen molar-refractivity contribution >= 4 is 38.9 Å². The van der Waals surface area contributed by atoms with Crippen LogP contribution in [0, 0.1) is 13.8 Å². The van der Waals surface area contributed by atoms with Gasteiger partial charge in [0.1, 0.15) is 0 Å². The van der Waals surface area contributed by atoms with Gasteiger partial charge >= 0.3 is 0 Å². The van der Waals surface area contributed by atoms with E-state index in [-0.39, 0.29) is 0 Å². The van der Waals surface area contributed by atoms with Crippen LogP contribution < -0.4 is 4.90 Å². The molecule has 136 valence electrons. The summed E-state index contributed by atoms with van der Waals surface area (Å²) >= 11 is 0. The SMILES string of the molecule is Cc1ccccc1N(c1ccc2c(c1)[nH]c1ccccc12)c1ccccc1C. The number of hydrogen-bond donors (Lipinski definition) is 1. The van der Waals surface area contributed by atoms with Gasteiger partial charge < -0.3 is 9.88 Å². The maximum atomic E-state index is 3.58. The minimum absolute atomic E-state index is 1.16. The minimum atomic E-state index is 1.16. The number of anilines is 3. The van der Waals surface area contributed by atoms with Crippen molar-refractivity contribution in [2.45, 2.75) is 13.8 Å². The van der Waals surface area contributed by atoms with Crippen molar-refractivity contribution in [3.05, 3.63) is 102 Å². The minimum Gasteiger partial charge on any atom is -0.354 e. The fraction of sp³-hybridized carbons (Fsp3) is 0.0769. The van der Waals surface area contributed by atoms with E-state index in [2.05, 4.69) is 115 Å². The first-order chi connectivity index (χ1) is 13.7. The van der Waals surface area contributed by atoms with Crippen LogP contribution in [-0.4, -0.2) is 4.98 Å². The Balaban J connectivity index is 1.76. The number of nitrogens with zero attached hydrogens (tertiary/aromatic N) is 1. The maximum Gasteiger partial charge on any atom is 0.0490 e. The first-order valence-electron chi connectivity index (χ1n) is 9.64. The summed E-state index contributed by atoms with van der Waals surface area (Å²) in [5.41, 5.74) is 8.39. The van der Waals surface area contributed by atoms with Gasteiger partial charge in [0.15, 0.2) is 0 Å². The van der Waals surface area contributed by atoms with E-state index in [1.54, 1.807) is 0 Å². The largest absolute Gasteiger partial charge is 0.354 e. The molecule has 5 rings (SSSR count). The van der Waals surface area contributed by atoms with E-state index in [1.165, 1.54) is 38.8 Å². The number of aryl methyl sites for hydroxylation is 2. The summed E-state index contributed by atoms with van der Waals surface area (Å²) in [6.07, 6.45) is 0. The van der Waals surface area contributed by atoms with Crippen LogP contribution >= 0.6 is 0 Å². The zero-order valence-electron chi connectivity index (χ0n) is 16.1. The summed E-state index contributed by atoms with van der Waals surface area (Å²) in [7, 11) is 0. The molecule has 0 unspecified atom stereocenters. The summed E-state index contributed by atoms with van der Waals surface area (Å²) in [6.45, 7) is 4.34. The van der Waals surface area contributed by atoms with E-state index in [4.69, 9.17) is 0 Å². The third kappa shape index (κ3) is 2.66. The number of aromatic nitrogens is 1. The first-order valence-corrected chi connectivity index (χ1v) is 9.64. The van der Waals surface area contributed by atoms with E-state index in [0.29, 0.717) is 0 Å². The summed E-state index contributed by atoms with van der Waals surface area (Å²) in [6, 6.07) is 32.3. The van der Waals surface area contributed by atoms with Crippen LogP contribution in [0.2, 0.25) is 0 Å². The molecule has 1 heterocycles. The van der Waals surface area contributed by atoms with Gasteiger partial charge in [-0.1, -0.05) is 60.7 Å². The first kappa shape index (κ1) is 16.6. The number of nitrogens with one attached hydrogen (secondary N) is 1. The highest BCUT2D eigenvalue weighted by Gasteiger charge is 2.17. The van der Waals surface area contributed by atoms with Crippen molar-refractivity contribution in [2.24, 2.45) is 0 Å². The molecule has 1 aromatic heterocycles. The second-order valence-corrected chi connectivity index (χ2v) is 7.31. The maximum absolute atomic E-state index is 3.58. The van der Waals surface area contributed by atoms with Crippen LogP contribution in [0.25, 0.3) is 21.8 Å². The Labute approximate surface area is 165 Å². The lowest BCUT2D eigenvalue weighted by atomic mass is 10.1. The normalized spacial score (nSPS) is 11.2. The Morgan fingerprint density at radius 3 is 1.82 bits per heavy atom. The molecule has 28 heavy (non-hydrogen) atoms. The standard InChI is InChI=1S/C26H22N2/c1-18-9-3-7-13-25(18)28(26-14-8-4-10-19(26)2)20-15-16-22-21-11-5-6-12-23(21)27-24(22)17-20/h3-17,27H,1-2H3. The van der Waals surface area contributed by atoms with Crippen LogP contribution in [-0.2, 0) is 0 Å². The molecular weight excluding hydrogens is 340 g/mol. The topological polar surface area (TPSA) is 19.0 Å². The average molecular weight is 362 g/mol. The van der Waals surface area contributed by atoms with Gasteiger partial charge in [0.05, 0.1) is 0 Å². The van der Waals surface area contributed by atoms with E-state index in [0.717, 1.165) is 11.2 Å². The number of H-pyrrole nitrogens is 1. The zero-order valence-corrected chi connectivity index (χ0v) is 16.1. The quantitative estimate of drug-likeness (QED) is 0.354. The fourth-order valence-corrected chi connectivity index (χ4v) is 4.02. The smallest absolute Gasteiger partial charge is 0.0490 e. The highest BCUT2D eigenvalue weighted by molar-refractivity contribution is 6.08. The Kier molecular flexibility index (Phi) is 3.91. The lowest BCUT2D eigenvalue weighted by Crippen LogP contribution is -2.12. The number of aromatic amines is 1. The van der Waals surface area contributed by atoms with Crippen molar-refractivity contribution in [3.63, 3.8) is 0 Å². The molecule has 0 amide bonds. The average Bonchev–Trinajstić information content (AvgIpc) is 3.09. The molecule has 2 heteroatoms. The molecule has 0 aliphatic rings.